The first-order valence-electron chi connectivity index (χ1n) is 6.22. The van der Waals surface area contributed by atoms with Gasteiger partial charge in [0.25, 0.3) is 0 Å². The number of nitrogens with one attached hydrogen (secondary N) is 2. The summed E-state index contributed by atoms with van der Waals surface area (Å²) in [5.41, 5.74) is 2.05. The van der Waals surface area contributed by atoms with Gasteiger partial charge in [0, 0.05) is 22.5 Å². The number of nitriles is 1. The molecule has 0 spiro atoms. The van der Waals surface area contributed by atoms with Gasteiger partial charge in [0.1, 0.15) is 6.07 Å². The summed E-state index contributed by atoms with van der Waals surface area (Å²) >= 11 is 1.50. The van der Waals surface area contributed by atoms with Crippen molar-refractivity contribution in [2.45, 2.75) is 18.4 Å². The zero-order chi connectivity index (χ0) is 15.5. The number of anilines is 1. The second-order valence-electron chi connectivity index (χ2n) is 4.45. The number of thiophene rings is 1. The molecule has 0 saturated carbocycles. The maximum absolute atomic E-state index is 11.9. The molecule has 0 saturated heterocycles. The van der Waals surface area contributed by atoms with Crippen LogP contribution in [-0.4, -0.2) is 15.5 Å². The zero-order valence-corrected chi connectivity index (χ0v) is 13.3. The minimum absolute atomic E-state index is 0.263. The smallest absolute Gasteiger partial charge is 0.240 e. The molecular formula is C14H15N3O2S2. The van der Waals surface area contributed by atoms with Gasteiger partial charge in [-0.3, -0.25) is 0 Å². The van der Waals surface area contributed by atoms with Crippen LogP contribution >= 0.6 is 11.3 Å². The van der Waals surface area contributed by atoms with E-state index in [1.807, 2.05) is 12.1 Å². The Morgan fingerprint density at radius 1 is 1.33 bits per heavy atom. The molecule has 0 bridgehead atoms. The molecule has 0 aliphatic heterocycles. The van der Waals surface area contributed by atoms with E-state index < -0.39 is 10.0 Å². The molecule has 2 N–H and O–H groups in total. The molecule has 0 amide bonds. The Morgan fingerprint density at radius 3 is 2.71 bits per heavy atom. The first kappa shape index (κ1) is 15.5. The Hall–Kier alpha value is -1.88. The highest BCUT2D eigenvalue weighted by Gasteiger charge is 2.15. The van der Waals surface area contributed by atoms with Crippen molar-refractivity contribution < 1.29 is 8.42 Å². The van der Waals surface area contributed by atoms with E-state index in [1.54, 1.807) is 24.4 Å². The Labute approximate surface area is 128 Å². The summed E-state index contributed by atoms with van der Waals surface area (Å²) in [5.74, 6) is 0. The number of rotatable bonds is 5. The Balaban J connectivity index is 2.18. The van der Waals surface area contributed by atoms with E-state index in [0.29, 0.717) is 17.7 Å². The predicted molar refractivity (Wildman–Crippen MR) is 83.8 cm³/mol. The highest BCUT2D eigenvalue weighted by molar-refractivity contribution is 7.89. The molecule has 0 aliphatic rings. The number of hydrogen-bond donors (Lipinski definition) is 2. The van der Waals surface area contributed by atoms with E-state index in [4.69, 9.17) is 5.26 Å². The summed E-state index contributed by atoms with van der Waals surface area (Å²) in [6, 6.07) is 9.11. The topological polar surface area (TPSA) is 82.0 Å². The minimum atomic E-state index is -3.46. The van der Waals surface area contributed by atoms with Crippen molar-refractivity contribution in [3.63, 3.8) is 0 Å². The Kier molecular flexibility index (Phi) is 4.63. The van der Waals surface area contributed by atoms with Crippen LogP contribution in [0.15, 0.2) is 34.5 Å². The lowest BCUT2D eigenvalue weighted by Gasteiger charge is -2.10. The van der Waals surface area contributed by atoms with Crippen LogP contribution in [0.2, 0.25) is 0 Å². The monoisotopic (exact) mass is 321 g/mol. The normalized spacial score (nSPS) is 11.1. The number of benzene rings is 1. The predicted octanol–water partition coefficient (Wildman–Crippen LogP) is 2.45. The molecule has 2 aromatic rings. The van der Waals surface area contributed by atoms with Gasteiger partial charge in [0.2, 0.25) is 10.0 Å². The van der Waals surface area contributed by atoms with Crippen LogP contribution in [-0.2, 0) is 16.6 Å². The first-order valence-corrected chi connectivity index (χ1v) is 8.58. The van der Waals surface area contributed by atoms with Gasteiger partial charge in [-0.25, -0.2) is 13.1 Å². The van der Waals surface area contributed by atoms with Gasteiger partial charge in [-0.2, -0.15) is 5.26 Å². The number of hydrogen-bond acceptors (Lipinski definition) is 5. The van der Waals surface area contributed by atoms with Gasteiger partial charge in [0.05, 0.1) is 10.5 Å². The van der Waals surface area contributed by atoms with Gasteiger partial charge in [-0.05, 0) is 37.7 Å². The molecule has 1 heterocycles. The minimum Gasteiger partial charge on any atom is -0.380 e. The average Bonchev–Trinajstić information content (AvgIpc) is 2.94. The maximum atomic E-state index is 11.9. The Morgan fingerprint density at radius 2 is 2.10 bits per heavy atom. The molecule has 0 aliphatic carbocycles. The van der Waals surface area contributed by atoms with E-state index in [0.717, 1.165) is 10.6 Å². The van der Waals surface area contributed by atoms with Crippen LogP contribution in [0.3, 0.4) is 0 Å². The van der Waals surface area contributed by atoms with Gasteiger partial charge in [-0.1, -0.05) is 6.07 Å². The van der Waals surface area contributed by atoms with Crippen molar-refractivity contribution in [2.24, 2.45) is 0 Å². The number of aryl methyl sites for hydroxylation is 1. The van der Waals surface area contributed by atoms with E-state index in [1.165, 1.54) is 18.4 Å². The highest BCUT2D eigenvalue weighted by atomic mass is 32.2. The molecule has 0 radical (unpaired) electrons. The summed E-state index contributed by atoms with van der Waals surface area (Å²) in [4.78, 5) is 1.28. The fraction of sp³-hybridized carbons (Fsp3) is 0.214. The second kappa shape index (κ2) is 6.26. The van der Waals surface area contributed by atoms with E-state index >= 15 is 0 Å². The van der Waals surface area contributed by atoms with Gasteiger partial charge in [0.15, 0.2) is 0 Å². The van der Waals surface area contributed by atoms with Crippen LogP contribution in [0.25, 0.3) is 0 Å². The van der Waals surface area contributed by atoms with Crippen LogP contribution in [0, 0.1) is 18.3 Å². The van der Waals surface area contributed by atoms with Crippen molar-refractivity contribution in [2.75, 3.05) is 12.4 Å². The van der Waals surface area contributed by atoms with Crippen molar-refractivity contribution >= 4 is 27.0 Å². The average molecular weight is 321 g/mol. The van der Waals surface area contributed by atoms with E-state index in [-0.39, 0.29) is 4.90 Å². The van der Waals surface area contributed by atoms with Crippen molar-refractivity contribution in [1.82, 2.24) is 4.72 Å². The molecule has 21 heavy (non-hydrogen) atoms. The maximum Gasteiger partial charge on any atom is 0.240 e. The van der Waals surface area contributed by atoms with Crippen molar-refractivity contribution in [1.29, 1.82) is 5.26 Å². The molecule has 0 atom stereocenters. The van der Waals surface area contributed by atoms with Crippen LogP contribution in [0.1, 0.15) is 16.0 Å². The van der Waals surface area contributed by atoms with Crippen LogP contribution in [0.5, 0.6) is 0 Å². The molecule has 0 fully saturated rings. The molecule has 5 nitrogen and oxygen atoms in total. The third-order valence-corrected chi connectivity index (χ3v) is 5.49. The summed E-state index contributed by atoms with van der Waals surface area (Å²) in [6.45, 7) is 2.31. The van der Waals surface area contributed by atoms with Gasteiger partial charge >= 0.3 is 0 Å². The number of sulfonamides is 1. The van der Waals surface area contributed by atoms with Crippen LogP contribution < -0.4 is 10.0 Å². The SMILES string of the molecule is CNS(=O)(=O)c1cc(NCc2cc(C#N)cs2)ccc1C. The fourth-order valence-corrected chi connectivity index (χ4v) is 3.57. The van der Waals surface area contributed by atoms with Crippen molar-refractivity contribution in [3.05, 3.63) is 45.6 Å². The molecule has 7 heteroatoms. The summed E-state index contributed by atoms with van der Waals surface area (Å²) in [7, 11) is -2.07. The molecule has 0 unspecified atom stereocenters. The quantitative estimate of drug-likeness (QED) is 0.886. The van der Waals surface area contributed by atoms with Crippen molar-refractivity contribution in [3.8, 4) is 6.07 Å². The molecule has 1 aromatic heterocycles. The second-order valence-corrected chi connectivity index (χ2v) is 7.31. The number of nitrogens with zero attached hydrogens (tertiary/aromatic N) is 1. The molecule has 2 rings (SSSR count). The largest absolute Gasteiger partial charge is 0.380 e. The lowest BCUT2D eigenvalue weighted by atomic mass is 10.2. The molecule has 1 aromatic carbocycles. The summed E-state index contributed by atoms with van der Waals surface area (Å²) in [6.07, 6.45) is 0. The molecular weight excluding hydrogens is 306 g/mol. The lowest BCUT2D eigenvalue weighted by Crippen LogP contribution is -2.19. The zero-order valence-electron chi connectivity index (χ0n) is 11.7. The van der Waals surface area contributed by atoms with E-state index in [9.17, 15) is 8.42 Å². The lowest BCUT2D eigenvalue weighted by molar-refractivity contribution is 0.587. The third kappa shape index (κ3) is 3.61. The Bertz CT molecular complexity index is 789. The van der Waals surface area contributed by atoms with Gasteiger partial charge < -0.3 is 5.32 Å². The van der Waals surface area contributed by atoms with E-state index in [2.05, 4.69) is 16.1 Å². The van der Waals surface area contributed by atoms with Crippen LogP contribution in [0.4, 0.5) is 5.69 Å². The third-order valence-electron chi connectivity index (χ3n) is 3.00. The van der Waals surface area contributed by atoms with Gasteiger partial charge in [-0.15, -0.1) is 11.3 Å². The fourth-order valence-electron chi connectivity index (χ4n) is 1.83. The highest BCUT2D eigenvalue weighted by Crippen LogP contribution is 2.21. The summed E-state index contributed by atoms with van der Waals surface area (Å²) < 4.78 is 26.2. The molecule has 110 valence electrons. The first-order chi connectivity index (χ1) is 9.96. The summed E-state index contributed by atoms with van der Waals surface area (Å²) in [5, 5.41) is 13.7. The standard InChI is InChI=1S/C14H15N3O2S2/c1-10-3-4-12(6-14(10)21(18,19)16-2)17-8-13-5-11(7-15)9-20-13/h3-6,9,16-17H,8H2,1-2H3.